The van der Waals surface area contributed by atoms with Crippen LogP contribution in [0.1, 0.15) is 22.3 Å². The second-order valence-electron chi connectivity index (χ2n) is 3.17. The average molecular weight is 266 g/mol. The van der Waals surface area contributed by atoms with Gasteiger partial charge in [-0.05, 0) is 30.7 Å². The Kier molecular flexibility index (Phi) is 4.38. The Morgan fingerprint density at radius 1 is 1.60 bits per heavy atom. The van der Waals surface area contributed by atoms with Gasteiger partial charge >= 0.3 is 0 Å². The molecule has 0 atom stereocenters. The van der Waals surface area contributed by atoms with E-state index < -0.39 is 0 Å². The molecule has 1 aromatic carbocycles. The number of terminal acetylenes is 1. The number of carbonyl (C=O) groups excluding carboxylic acids is 1. The molecule has 78 valence electrons. The number of aryl methyl sites for hydroxylation is 1. The van der Waals surface area contributed by atoms with E-state index in [1.807, 2.05) is 19.1 Å². The van der Waals surface area contributed by atoms with Crippen molar-refractivity contribution in [1.82, 2.24) is 5.32 Å². The van der Waals surface area contributed by atoms with Gasteiger partial charge in [-0.15, -0.1) is 12.3 Å². The first-order chi connectivity index (χ1) is 7.15. The van der Waals surface area contributed by atoms with Gasteiger partial charge in [-0.3, -0.25) is 4.79 Å². The smallest absolute Gasteiger partial charge is 0.251 e. The van der Waals surface area contributed by atoms with E-state index in [0.29, 0.717) is 18.5 Å². The summed E-state index contributed by atoms with van der Waals surface area (Å²) in [4.78, 5) is 11.6. The van der Waals surface area contributed by atoms with Crippen LogP contribution in [-0.2, 0) is 0 Å². The minimum absolute atomic E-state index is 0.0825. The van der Waals surface area contributed by atoms with Crippen LogP contribution < -0.4 is 5.32 Å². The molecular formula is C12H12BrNO. The molecule has 3 heteroatoms. The predicted molar refractivity (Wildman–Crippen MR) is 64.7 cm³/mol. The molecule has 0 aliphatic heterocycles. The first kappa shape index (κ1) is 11.8. The third kappa shape index (κ3) is 3.41. The fraction of sp³-hybridized carbons (Fsp3) is 0.250. The summed E-state index contributed by atoms with van der Waals surface area (Å²) in [6.07, 6.45) is 5.65. The Labute approximate surface area is 98.2 Å². The van der Waals surface area contributed by atoms with Crippen LogP contribution in [0.25, 0.3) is 0 Å². The van der Waals surface area contributed by atoms with Crippen LogP contribution in [-0.4, -0.2) is 12.5 Å². The van der Waals surface area contributed by atoms with Gasteiger partial charge in [0, 0.05) is 23.0 Å². The minimum atomic E-state index is -0.0825. The summed E-state index contributed by atoms with van der Waals surface area (Å²) >= 11 is 3.38. The maximum atomic E-state index is 11.6. The zero-order valence-electron chi connectivity index (χ0n) is 8.51. The summed E-state index contributed by atoms with van der Waals surface area (Å²) in [5, 5.41) is 2.75. The Morgan fingerprint density at radius 3 is 2.93 bits per heavy atom. The fourth-order valence-corrected chi connectivity index (χ4v) is 1.38. The number of rotatable bonds is 3. The number of amides is 1. The zero-order valence-corrected chi connectivity index (χ0v) is 10.1. The molecule has 0 unspecified atom stereocenters. The van der Waals surface area contributed by atoms with E-state index in [2.05, 4.69) is 27.2 Å². The molecule has 0 spiro atoms. The number of benzene rings is 1. The van der Waals surface area contributed by atoms with Crippen molar-refractivity contribution in [2.24, 2.45) is 0 Å². The molecule has 2 nitrogen and oxygen atoms in total. The summed E-state index contributed by atoms with van der Waals surface area (Å²) in [6.45, 7) is 2.47. The molecule has 0 bridgehead atoms. The SMILES string of the molecule is C#CCCNC(=O)c1ccc(Br)c(C)c1. The van der Waals surface area contributed by atoms with Gasteiger partial charge in [0.15, 0.2) is 0 Å². The fourth-order valence-electron chi connectivity index (χ4n) is 1.14. The zero-order chi connectivity index (χ0) is 11.3. The molecule has 1 N–H and O–H groups in total. The molecule has 0 aliphatic carbocycles. The van der Waals surface area contributed by atoms with Crippen LogP contribution in [0.5, 0.6) is 0 Å². The molecule has 0 radical (unpaired) electrons. The van der Waals surface area contributed by atoms with Crippen LogP contribution in [0.15, 0.2) is 22.7 Å². The Hall–Kier alpha value is -1.27. The molecule has 0 fully saturated rings. The first-order valence-corrected chi connectivity index (χ1v) is 5.42. The van der Waals surface area contributed by atoms with Gasteiger partial charge in [0.1, 0.15) is 0 Å². The summed E-state index contributed by atoms with van der Waals surface area (Å²) in [6, 6.07) is 5.49. The van der Waals surface area contributed by atoms with E-state index in [9.17, 15) is 4.79 Å². The van der Waals surface area contributed by atoms with E-state index >= 15 is 0 Å². The molecule has 0 aliphatic rings. The van der Waals surface area contributed by atoms with Crippen molar-refractivity contribution in [3.05, 3.63) is 33.8 Å². The molecular weight excluding hydrogens is 254 g/mol. The van der Waals surface area contributed by atoms with Crippen LogP contribution in [0.3, 0.4) is 0 Å². The topological polar surface area (TPSA) is 29.1 Å². The van der Waals surface area contributed by atoms with E-state index in [4.69, 9.17) is 6.42 Å². The van der Waals surface area contributed by atoms with E-state index in [1.165, 1.54) is 0 Å². The molecule has 0 heterocycles. The van der Waals surface area contributed by atoms with Gasteiger partial charge in [-0.25, -0.2) is 0 Å². The lowest BCUT2D eigenvalue weighted by molar-refractivity contribution is 0.0954. The molecule has 0 saturated carbocycles. The summed E-state index contributed by atoms with van der Waals surface area (Å²) in [5.74, 6) is 2.39. The van der Waals surface area contributed by atoms with Crippen molar-refractivity contribution in [3.8, 4) is 12.3 Å². The highest BCUT2D eigenvalue weighted by molar-refractivity contribution is 9.10. The number of hydrogen-bond donors (Lipinski definition) is 1. The number of carbonyl (C=O) groups is 1. The van der Waals surface area contributed by atoms with Gasteiger partial charge in [-0.2, -0.15) is 0 Å². The Morgan fingerprint density at radius 2 is 2.33 bits per heavy atom. The maximum Gasteiger partial charge on any atom is 0.251 e. The number of hydrogen-bond acceptors (Lipinski definition) is 1. The molecule has 1 amide bonds. The van der Waals surface area contributed by atoms with Crippen LogP contribution in [0.2, 0.25) is 0 Å². The molecule has 0 aromatic heterocycles. The third-order valence-corrected chi connectivity index (χ3v) is 2.86. The summed E-state index contributed by atoms with van der Waals surface area (Å²) in [7, 11) is 0. The highest BCUT2D eigenvalue weighted by Crippen LogP contribution is 2.16. The van der Waals surface area contributed by atoms with Crippen molar-refractivity contribution in [2.75, 3.05) is 6.54 Å². The Bertz CT molecular complexity index is 407. The van der Waals surface area contributed by atoms with Gasteiger partial charge < -0.3 is 5.32 Å². The lowest BCUT2D eigenvalue weighted by Crippen LogP contribution is -2.24. The Balaban J connectivity index is 2.67. The molecule has 1 rings (SSSR count). The standard InChI is InChI=1S/C12H12BrNO/c1-3-4-7-14-12(15)10-5-6-11(13)9(2)8-10/h1,5-6,8H,4,7H2,2H3,(H,14,15). The molecule has 0 saturated heterocycles. The number of nitrogens with one attached hydrogen (secondary N) is 1. The quantitative estimate of drug-likeness (QED) is 0.661. The van der Waals surface area contributed by atoms with Gasteiger partial charge in [0.05, 0.1) is 0 Å². The van der Waals surface area contributed by atoms with Gasteiger partial charge in [0.25, 0.3) is 5.91 Å². The van der Waals surface area contributed by atoms with Crippen LogP contribution >= 0.6 is 15.9 Å². The highest BCUT2D eigenvalue weighted by atomic mass is 79.9. The second-order valence-corrected chi connectivity index (χ2v) is 4.03. The van der Waals surface area contributed by atoms with Crippen molar-refractivity contribution in [3.63, 3.8) is 0 Å². The van der Waals surface area contributed by atoms with E-state index in [-0.39, 0.29) is 5.91 Å². The lowest BCUT2D eigenvalue weighted by Gasteiger charge is -2.04. The largest absolute Gasteiger partial charge is 0.351 e. The van der Waals surface area contributed by atoms with Gasteiger partial charge in [0.2, 0.25) is 0 Å². The van der Waals surface area contributed by atoms with Crippen molar-refractivity contribution in [2.45, 2.75) is 13.3 Å². The van der Waals surface area contributed by atoms with Crippen molar-refractivity contribution >= 4 is 21.8 Å². The maximum absolute atomic E-state index is 11.6. The van der Waals surface area contributed by atoms with Crippen LogP contribution in [0.4, 0.5) is 0 Å². The van der Waals surface area contributed by atoms with E-state index in [1.54, 1.807) is 6.07 Å². The monoisotopic (exact) mass is 265 g/mol. The lowest BCUT2D eigenvalue weighted by atomic mass is 10.1. The second kappa shape index (κ2) is 5.57. The predicted octanol–water partition coefficient (Wildman–Crippen LogP) is 2.51. The average Bonchev–Trinajstić information content (AvgIpc) is 2.22. The van der Waals surface area contributed by atoms with Gasteiger partial charge in [-0.1, -0.05) is 15.9 Å². The van der Waals surface area contributed by atoms with Crippen LogP contribution in [0, 0.1) is 19.3 Å². The minimum Gasteiger partial charge on any atom is -0.351 e. The van der Waals surface area contributed by atoms with Crippen molar-refractivity contribution in [1.29, 1.82) is 0 Å². The van der Waals surface area contributed by atoms with E-state index in [0.717, 1.165) is 10.0 Å². The molecule has 15 heavy (non-hydrogen) atoms. The first-order valence-electron chi connectivity index (χ1n) is 4.63. The van der Waals surface area contributed by atoms with Crippen molar-refractivity contribution < 1.29 is 4.79 Å². The number of halogens is 1. The normalized spacial score (nSPS) is 9.40. The highest BCUT2D eigenvalue weighted by Gasteiger charge is 2.05. The summed E-state index contributed by atoms with van der Waals surface area (Å²) < 4.78 is 1.00. The summed E-state index contributed by atoms with van der Waals surface area (Å²) in [5.41, 5.74) is 1.70. The third-order valence-electron chi connectivity index (χ3n) is 1.98. The molecule has 1 aromatic rings.